The van der Waals surface area contributed by atoms with E-state index < -0.39 is 17.7 Å². The predicted octanol–water partition coefficient (Wildman–Crippen LogP) is 4.30. The van der Waals surface area contributed by atoms with Crippen LogP contribution in [0.3, 0.4) is 0 Å². The van der Waals surface area contributed by atoms with E-state index >= 15 is 0 Å². The average molecular weight is 276 g/mol. The summed E-state index contributed by atoms with van der Waals surface area (Å²) in [6.07, 6.45) is 2.68. The molecule has 0 radical (unpaired) electrons. The maximum atomic E-state index is 12.6. The van der Waals surface area contributed by atoms with Crippen molar-refractivity contribution in [2.45, 2.75) is 69.6 Å². The number of hydrogen-bond donors (Lipinski definition) is 1. The van der Waals surface area contributed by atoms with Gasteiger partial charge in [-0.3, -0.25) is 0 Å². The van der Waals surface area contributed by atoms with Crippen molar-refractivity contribution in [3.05, 3.63) is 0 Å². The lowest BCUT2D eigenvalue weighted by atomic mass is 9.71. The fourth-order valence-corrected chi connectivity index (χ4v) is 4.80. The predicted molar refractivity (Wildman–Crippen MR) is 66.5 cm³/mol. The van der Waals surface area contributed by atoms with Gasteiger partial charge in [-0.1, -0.05) is 6.42 Å². The zero-order chi connectivity index (χ0) is 13.7. The molecule has 0 aliphatic heterocycles. The summed E-state index contributed by atoms with van der Waals surface area (Å²) in [5.41, 5.74) is -0.809. The molecule has 4 heteroatoms. The fraction of sp³-hybridized carbons (Fsp3) is 1.00. The van der Waals surface area contributed by atoms with E-state index in [0.717, 1.165) is 18.3 Å². The highest BCUT2D eigenvalue weighted by molar-refractivity contribution is 4.96. The molecule has 0 aromatic heterocycles. The smallest absolute Gasteiger partial charge is 0.390 e. The average Bonchev–Trinajstić information content (AvgIpc) is 2.89. The Bertz CT molecular complexity index is 331. The molecule has 110 valence electrons. The molecular weight excluding hydrogens is 253 g/mol. The lowest BCUT2D eigenvalue weighted by molar-refractivity contribution is -0.193. The van der Waals surface area contributed by atoms with Crippen molar-refractivity contribution in [1.82, 2.24) is 0 Å². The van der Waals surface area contributed by atoms with Gasteiger partial charge in [-0.2, -0.15) is 13.2 Å². The van der Waals surface area contributed by atoms with Gasteiger partial charge in [0.25, 0.3) is 0 Å². The molecular formula is C15H23F3O. The van der Waals surface area contributed by atoms with Crippen molar-refractivity contribution < 1.29 is 18.3 Å². The largest absolute Gasteiger partial charge is 0.391 e. The number of aliphatic hydroxyl groups is 1. The molecule has 0 amide bonds. The molecule has 3 saturated carbocycles. The Morgan fingerprint density at radius 1 is 1.00 bits per heavy atom. The minimum absolute atomic E-state index is 0.112. The maximum Gasteiger partial charge on any atom is 0.391 e. The molecule has 3 atom stereocenters. The molecule has 3 aliphatic rings. The molecule has 0 aromatic carbocycles. The van der Waals surface area contributed by atoms with Crippen molar-refractivity contribution >= 4 is 0 Å². The van der Waals surface area contributed by atoms with Crippen LogP contribution in [0.4, 0.5) is 13.2 Å². The number of fused-ring (bicyclic) bond motifs is 2. The molecule has 2 bridgehead atoms. The Morgan fingerprint density at radius 3 is 2.16 bits per heavy atom. The van der Waals surface area contributed by atoms with Crippen LogP contribution in [-0.2, 0) is 0 Å². The van der Waals surface area contributed by atoms with Crippen molar-refractivity contribution in [3.8, 4) is 0 Å². The highest BCUT2D eigenvalue weighted by atomic mass is 19.4. The van der Waals surface area contributed by atoms with Crippen LogP contribution in [0.1, 0.15) is 57.8 Å². The molecule has 0 heterocycles. The third-order valence-corrected chi connectivity index (χ3v) is 5.91. The third-order valence-electron chi connectivity index (χ3n) is 5.91. The molecule has 1 nitrogen and oxygen atoms in total. The van der Waals surface area contributed by atoms with E-state index in [9.17, 15) is 18.3 Å². The van der Waals surface area contributed by atoms with Crippen LogP contribution in [0, 0.1) is 23.7 Å². The lowest BCUT2D eigenvalue weighted by Gasteiger charge is -2.39. The topological polar surface area (TPSA) is 20.2 Å². The van der Waals surface area contributed by atoms with Gasteiger partial charge in [-0.25, -0.2) is 0 Å². The van der Waals surface area contributed by atoms with Crippen LogP contribution in [0.15, 0.2) is 0 Å². The van der Waals surface area contributed by atoms with Gasteiger partial charge in [0.05, 0.1) is 11.5 Å². The second-order valence-electron chi connectivity index (χ2n) is 7.18. The molecule has 3 rings (SSSR count). The first-order valence-electron chi connectivity index (χ1n) is 7.65. The van der Waals surface area contributed by atoms with E-state index in [4.69, 9.17) is 0 Å². The summed E-state index contributed by atoms with van der Waals surface area (Å²) in [5, 5.41) is 10.6. The Balaban J connectivity index is 1.54. The molecule has 1 N–H and O–H groups in total. The molecule has 0 saturated heterocycles. The second-order valence-corrected chi connectivity index (χ2v) is 7.18. The normalized spacial score (nSPS) is 46.7. The highest BCUT2D eigenvalue weighted by Crippen LogP contribution is 2.53. The minimum Gasteiger partial charge on any atom is -0.390 e. The first kappa shape index (κ1) is 13.7. The quantitative estimate of drug-likeness (QED) is 0.797. The molecule has 19 heavy (non-hydrogen) atoms. The summed E-state index contributed by atoms with van der Waals surface area (Å²) in [6, 6.07) is 0. The summed E-state index contributed by atoms with van der Waals surface area (Å²) < 4.78 is 37.9. The highest BCUT2D eigenvalue weighted by Gasteiger charge is 2.48. The lowest BCUT2D eigenvalue weighted by Crippen LogP contribution is -2.40. The summed E-state index contributed by atoms with van der Waals surface area (Å²) in [7, 11) is 0. The number of rotatable bonds is 2. The van der Waals surface area contributed by atoms with E-state index in [1.807, 2.05) is 0 Å². The van der Waals surface area contributed by atoms with E-state index in [1.54, 1.807) is 0 Å². The van der Waals surface area contributed by atoms with Crippen molar-refractivity contribution in [2.24, 2.45) is 23.7 Å². The zero-order valence-electron chi connectivity index (χ0n) is 11.3. The van der Waals surface area contributed by atoms with Gasteiger partial charge in [-0.15, -0.1) is 0 Å². The standard InChI is InChI=1S/C15H23F3O/c16-15(17,18)13-3-5-14(19,6-4-13)9-12-8-10-1-2-11(12)7-10/h10-13,19H,1-9H2. The summed E-state index contributed by atoms with van der Waals surface area (Å²) in [5.74, 6) is 0.971. The Hall–Kier alpha value is -0.250. The third kappa shape index (κ3) is 2.79. The molecule has 0 aromatic rings. The van der Waals surface area contributed by atoms with Crippen LogP contribution in [0.25, 0.3) is 0 Å². The summed E-state index contributed by atoms with van der Waals surface area (Å²) in [4.78, 5) is 0. The van der Waals surface area contributed by atoms with Gasteiger partial charge in [0.1, 0.15) is 0 Å². The molecule has 3 unspecified atom stereocenters. The summed E-state index contributed by atoms with van der Waals surface area (Å²) in [6.45, 7) is 0. The van der Waals surface area contributed by atoms with Crippen molar-refractivity contribution in [3.63, 3.8) is 0 Å². The second kappa shape index (κ2) is 4.64. The van der Waals surface area contributed by atoms with E-state index in [2.05, 4.69) is 0 Å². The molecule has 3 aliphatic carbocycles. The van der Waals surface area contributed by atoms with Gasteiger partial charge in [0.2, 0.25) is 0 Å². The first-order chi connectivity index (χ1) is 8.86. The first-order valence-corrected chi connectivity index (χ1v) is 7.65. The van der Waals surface area contributed by atoms with Gasteiger partial charge in [0.15, 0.2) is 0 Å². The molecule has 3 fully saturated rings. The summed E-state index contributed by atoms with van der Waals surface area (Å²) >= 11 is 0. The van der Waals surface area contributed by atoms with Crippen LogP contribution in [0.5, 0.6) is 0 Å². The number of halogens is 3. The number of alkyl halides is 3. The minimum atomic E-state index is -4.08. The van der Waals surface area contributed by atoms with Gasteiger partial charge < -0.3 is 5.11 Å². The van der Waals surface area contributed by atoms with Crippen LogP contribution >= 0.6 is 0 Å². The van der Waals surface area contributed by atoms with Crippen molar-refractivity contribution in [2.75, 3.05) is 0 Å². The van der Waals surface area contributed by atoms with Gasteiger partial charge in [-0.05, 0) is 69.1 Å². The van der Waals surface area contributed by atoms with Crippen LogP contribution < -0.4 is 0 Å². The van der Waals surface area contributed by atoms with Gasteiger partial charge >= 0.3 is 6.18 Å². The monoisotopic (exact) mass is 276 g/mol. The van der Waals surface area contributed by atoms with Gasteiger partial charge in [0, 0.05) is 0 Å². The van der Waals surface area contributed by atoms with Crippen LogP contribution in [0.2, 0.25) is 0 Å². The molecule has 0 spiro atoms. The zero-order valence-corrected chi connectivity index (χ0v) is 11.3. The van der Waals surface area contributed by atoms with E-state index in [-0.39, 0.29) is 12.8 Å². The van der Waals surface area contributed by atoms with Crippen molar-refractivity contribution in [1.29, 1.82) is 0 Å². The Morgan fingerprint density at radius 2 is 1.68 bits per heavy atom. The van der Waals surface area contributed by atoms with Crippen LogP contribution in [-0.4, -0.2) is 16.9 Å². The Labute approximate surface area is 112 Å². The maximum absolute atomic E-state index is 12.6. The number of hydrogen-bond acceptors (Lipinski definition) is 1. The van der Waals surface area contributed by atoms with E-state index in [0.29, 0.717) is 18.8 Å². The SMILES string of the molecule is OC1(CC2CC3CCC2C3)CCC(C(F)(F)F)CC1. The van der Waals surface area contributed by atoms with E-state index in [1.165, 1.54) is 25.7 Å². The fourth-order valence-electron chi connectivity index (χ4n) is 4.80. The Kier molecular flexibility index (Phi) is 3.35.